The smallest absolute Gasteiger partial charge is 0.179 e. The third-order valence-electron chi connectivity index (χ3n) is 0.826. The van der Waals surface area contributed by atoms with E-state index in [0.29, 0.717) is 5.13 Å². The lowest BCUT2D eigenvalue weighted by Gasteiger charge is -1.76. The fraction of sp³-hybridized carbons (Fsp3) is 0.250. The van der Waals surface area contributed by atoms with E-state index in [1.807, 2.05) is 14.1 Å². The van der Waals surface area contributed by atoms with E-state index in [1.165, 1.54) is 11.3 Å². The molecule has 0 aromatic carbocycles. The molecule has 0 unspecified atom stereocenters. The molecular weight excluding hydrogens is 119 g/mol. The molecule has 41 valence electrons. The zero-order chi connectivity index (χ0) is 5.98. The maximum atomic E-state index is 5.34. The number of nitrogens with zero attached hydrogens (tertiary/aromatic N) is 1. The molecule has 0 aliphatic heterocycles. The van der Waals surface area contributed by atoms with Gasteiger partial charge in [-0.1, -0.05) is 6.82 Å². The maximum Gasteiger partial charge on any atom is 0.179 e. The Hall–Kier alpha value is -0.505. The molecule has 0 saturated carbocycles. The molecule has 4 heteroatoms. The van der Waals surface area contributed by atoms with Gasteiger partial charge < -0.3 is 5.73 Å². The molecule has 0 amide bonds. The minimum Gasteiger partial charge on any atom is -0.375 e. The van der Waals surface area contributed by atoms with E-state index in [4.69, 9.17) is 5.73 Å². The summed E-state index contributed by atoms with van der Waals surface area (Å²) in [6, 6.07) is 0. The Balaban J connectivity index is 2.84. The maximum absolute atomic E-state index is 5.34. The summed E-state index contributed by atoms with van der Waals surface area (Å²) in [4.78, 5) is 3.85. The van der Waals surface area contributed by atoms with Crippen molar-refractivity contribution in [2.45, 2.75) is 6.82 Å². The zero-order valence-corrected chi connectivity index (χ0v) is 5.40. The summed E-state index contributed by atoms with van der Waals surface area (Å²) in [5.74, 6) is 0. The zero-order valence-electron chi connectivity index (χ0n) is 4.59. The highest BCUT2D eigenvalue weighted by atomic mass is 32.1. The van der Waals surface area contributed by atoms with Crippen molar-refractivity contribution in [3.63, 3.8) is 0 Å². The van der Waals surface area contributed by atoms with Gasteiger partial charge in [0.2, 0.25) is 0 Å². The first-order valence-corrected chi connectivity index (χ1v) is 3.15. The summed E-state index contributed by atoms with van der Waals surface area (Å²) in [7, 11) is 1.98. The largest absolute Gasteiger partial charge is 0.375 e. The van der Waals surface area contributed by atoms with E-state index < -0.39 is 0 Å². The molecule has 1 rings (SSSR count). The van der Waals surface area contributed by atoms with Crippen molar-refractivity contribution in [1.82, 2.24) is 4.98 Å². The third-order valence-corrected chi connectivity index (χ3v) is 1.72. The summed E-state index contributed by atoms with van der Waals surface area (Å²) in [5.41, 5.74) is 5.34. The van der Waals surface area contributed by atoms with Crippen molar-refractivity contribution >= 4 is 28.5 Å². The first-order chi connectivity index (χ1) is 3.83. The summed E-state index contributed by atoms with van der Waals surface area (Å²) < 4.78 is 1.13. The van der Waals surface area contributed by atoms with Crippen LogP contribution in [0.25, 0.3) is 0 Å². The number of aromatic nitrogens is 1. The molecule has 0 aliphatic carbocycles. The van der Waals surface area contributed by atoms with Gasteiger partial charge in [-0.25, -0.2) is 4.98 Å². The van der Waals surface area contributed by atoms with Gasteiger partial charge in [0, 0.05) is 6.20 Å². The van der Waals surface area contributed by atoms with Crippen LogP contribution in [-0.2, 0) is 0 Å². The number of rotatable bonds is 1. The molecule has 8 heavy (non-hydrogen) atoms. The lowest BCUT2D eigenvalue weighted by atomic mass is 9.81. The number of nitrogens with two attached hydrogens (primary N) is 1. The summed E-state index contributed by atoms with van der Waals surface area (Å²) in [5, 5.41) is 0.637. The van der Waals surface area contributed by atoms with Gasteiger partial charge in [-0.05, 0) is 4.78 Å². The van der Waals surface area contributed by atoms with Crippen molar-refractivity contribution in [3.05, 3.63) is 6.20 Å². The van der Waals surface area contributed by atoms with Crippen molar-refractivity contribution < 1.29 is 0 Å². The second-order valence-corrected chi connectivity index (χ2v) is 2.48. The Morgan fingerprint density at radius 3 is 2.88 bits per heavy atom. The molecule has 1 aromatic heterocycles. The van der Waals surface area contributed by atoms with Crippen LogP contribution >= 0.6 is 11.3 Å². The van der Waals surface area contributed by atoms with Crippen LogP contribution in [0.15, 0.2) is 6.20 Å². The molecule has 0 spiro atoms. The van der Waals surface area contributed by atoms with Crippen molar-refractivity contribution in [3.8, 4) is 0 Å². The number of hydrogen-bond donors (Lipinski definition) is 1. The molecule has 0 aliphatic rings. The first-order valence-electron chi connectivity index (χ1n) is 2.33. The standard InChI is InChI=1S/C4H6BN2S/c1-5-3-2-7-4(6)8-3/h2H,1H3,(H2,6,7). The Labute approximate surface area is 53.0 Å². The molecule has 2 N–H and O–H groups in total. The fourth-order valence-corrected chi connectivity index (χ4v) is 1.00. The van der Waals surface area contributed by atoms with E-state index in [2.05, 4.69) is 4.98 Å². The van der Waals surface area contributed by atoms with Crippen LogP contribution < -0.4 is 10.5 Å². The topological polar surface area (TPSA) is 38.9 Å². The fourth-order valence-electron chi connectivity index (χ4n) is 0.434. The van der Waals surface area contributed by atoms with Gasteiger partial charge in [-0.15, -0.1) is 11.3 Å². The first kappa shape index (κ1) is 5.63. The SMILES string of the molecule is C[B]c1cnc(N)s1. The molecule has 1 radical (unpaired) electrons. The second kappa shape index (κ2) is 2.18. The van der Waals surface area contributed by atoms with Crippen molar-refractivity contribution in [2.24, 2.45) is 0 Å². The molecule has 0 saturated heterocycles. The van der Waals surface area contributed by atoms with Crippen LogP contribution in [0.3, 0.4) is 0 Å². The Morgan fingerprint density at radius 2 is 2.62 bits per heavy atom. The average Bonchev–Trinajstić information content (AvgIpc) is 2.14. The van der Waals surface area contributed by atoms with Gasteiger partial charge in [-0.3, -0.25) is 0 Å². The molecular formula is C4H6BN2S. The van der Waals surface area contributed by atoms with Gasteiger partial charge in [0.25, 0.3) is 0 Å². The van der Waals surface area contributed by atoms with Crippen LogP contribution in [0.5, 0.6) is 0 Å². The lowest BCUT2D eigenvalue weighted by molar-refractivity contribution is 1.44. The Morgan fingerprint density at radius 1 is 1.88 bits per heavy atom. The van der Waals surface area contributed by atoms with Crippen LogP contribution in [-0.4, -0.2) is 12.3 Å². The number of hydrogen-bond acceptors (Lipinski definition) is 3. The normalized spacial score (nSPS) is 9.12. The second-order valence-electron chi connectivity index (χ2n) is 1.39. The highest BCUT2D eigenvalue weighted by molar-refractivity contribution is 7.24. The molecule has 0 bridgehead atoms. The van der Waals surface area contributed by atoms with Gasteiger partial charge in [0.1, 0.15) is 0 Å². The highest BCUT2D eigenvalue weighted by Crippen LogP contribution is 2.00. The van der Waals surface area contributed by atoms with Gasteiger partial charge in [0.15, 0.2) is 12.4 Å². The monoisotopic (exact) mass is 125 g/mol. The predicted octanol–water partition coefficient (Wildman–Crippen LogP) is 0.103. The van der Waals surface area contributed by atoms with E-state index in [0.717, 1.165) is 4.78 Å². The summed E-state index contributed by atoms with van der Waals surface area (Å²) >= 11 is 1.50. The highest BCUT2D eigenvalue weighted by Gasteiger charge is 1.92. The quantitative estimate of drug-likeness (QED) is 0.540. The van der Waals surface area contributed by atoms with Crippen LogP contribution in [0.4, 0.5) is 5.13 Å². The predicted molar refractivity (Wildman–Crippen MR) is 37.8 cm³/mol. The van der Waals surface area contributed by atoms with Crippen LogP contribution in [0.2, 0.25) is 6.82 Å². The van der Waals surface area contributed by atoms with Crippen molar-refractivity contribution in [1.29, 1.82) is 0 Å². The average molecular weight is 125 g/mol. The summed E-state index contributed by atoms with van der Waals surface area (Å²) in [6.07, 6.45) is 1.76. The van der Waals surface area contributed by atoms with E-state index in [9.17, 15) is 0 Å². The van der Waals surface area contributed by atoms with Crippen LogP contribution in [0, 0.1) is 0 Å². The number of anilines is 1. The minimum atomic E-state index is 0.637. The van der Waals surface area contributed by atoms with Gasteiger partial charge in [-0.2, -0.15) is 0 Å². The van der Waals surface area contributed by atoms with Gasteiger partial charge >= 0.3 is 0 Å². The van der Waals surface area contributed by atoms with Crippen molar-refractivity contribution in [2.75, 3.05) is 5.73 Å². The Kier molecular flexibility index (Phi) is 1.53. The van der Waals surface area contributed by atoms with Crippen LogP contribution in [0.1, 0.15) is 0 Å². The minimum absolute atomic E-state index is 0.637. The molecule has 0 atom stereocenters. The lowest BCUT2D eigenvalue weighted by Crippen LogP contribution is -2.02. The van der Waals surface area contributed by atoms with Gasteiger partial charge in [0.05, 0.1) is 0 Å². The molecule has 0 fully saturated rings. The molecule has 2 nitrogen and oxygen atoms in total. The number of thiazole rings is 1. The Bertz CT molecular complexity index is 174. The van der Waals surface area contributed by atoms with E-state index in [1.54, 1.807) is 6.20 Å². The number of nitrogen functional groups attached to an aromatic ring is 1. The molecule has 1 heterocycles. The van der Waals surface area contributed by atoms with E-state index >= 15 is 0 Å². The third kappa shape index (κ3) is 1.01. The van der Waals surface area contributed by atoms with E-state index in [-0.39, 0.29) is 0 Å². The molecule has 1 aromatic rings. The summed E-state index contributed by atoms with van der Waals surface area (Å²) in [6.45, 7) is 1.97.